The lowest BCUT2D eigenvalue weighted by Gasteiger charge is -2.24. The SMILES string of the molecule is CC(O)CN(C)CC1(CC(N)=NO)CC1. The third kappa shape index (κ3) is 4.05. The number of hydrogen-bond acceptors (Lipinski definition) is 4. The Labute approximate surface area is 90.6 Å². The quantitative estimate of drug-likeness (QED) is 0.256. The molecule has 1 aliphatic carbocycles. The van der Waals surface area contributed by atoms with E-state index < -0.39 is 0 Å². The van der Waals surface area contributed by atoms with Gasteiger partial charge in [-0.15, -0.1) is 0 Å². The summed E-state index contributed by atoms with van der Waals surface area (Å²) in [5.74, 6) is 0.304. The molecule has 0 aromatic rings. The second-order valence-electron chi connectivity index (χ2n) is 4.81. The van der Waals surface area contributed by atoms with E-state index in [-0.39, 0.29) is 11.5 Å². The Bertz CT molecular complexity index is 237. The van der Waals surface area contributed by atoms with Gasteiger partial charge >= 0.3 is 0 Å². The molecule has 0 aliphatic heterocycles. The molecule has 5 nitrogen and oxygen atoms in total. The summed E-state index contributed by atoms with van der Waals surface area (Å²) in [6.07, 6.45) is 2.57. The van der Waals surface area contributed by atoms with Gasteiger partial charge in [-0.1, -0.05) is 5.16 Å². The van der Waals surface area contributed by atoms with Gasteiger partial charge in [0.2, 0.25) is 0 Å². The predicted molar refractivity (Wildman–Crippen MR) is 58.9 cm³/mol. The second kappa shape index (κ2) is 4.81. The molecule has 0 amide bonds. The van der Waals surface area contributed by atoms with Crippen molar-refractivity contribution in [3.8, 4) is 0 Å². The fourth-order valence-corrected chi connectivity index (χ4v) is 2.08. The van der Waals surface area contributed by atoms with Crippen molar-refractivity contribution in [2.45, 2.75) is 32.3 Å². The molecule has 0 saturated heterocycles. The maximum Gasteiger partial charge on any atom is 0.139 e. The van der Waals surface area contributed by atoms with E-state index in [1.165, 1.54) is 0 Å². The molecule has 1 saturated carbocycles. The van der Waals surface area contributed by atoms with Gasteiger partial charge in [0.25, 0.3) is 0 Å². The molecule has 1 unspecified atom stereocenters. The standard InChI is InChI=1S/C10H21N3O2/c1-8(14)6-13(2)7-10(3-4-10)5-9(11)12-15/h8,14-15H,3-7H2,1-2H3,(H2,11,12). The Hall–Kier alpha value is -0.810. The van der Waals surface area contributed by atoms with Crippen LogP contribution in [-0.4, -0.2) is 47.3 Å². The molecule has 15 heavy (non-hydrogen) atoms. The highest BCUT2D eigenvalue weighted by Crippen LogP contribution is 2.49. The summed E-state index contributed by atoms with van der Waals surface area (Å²) in [5, 5.41) is 20.8. The number of nitrogens with zero attached hydrogens (tertiary/aromatic N) is 2. The van der Waals surface area contributed by atoms with Crippen molar-refractivity contribution in [3.05, 3.63) is 0 Å². The van der Waals surface area contributed by atoms with E-state index in [9.17, 15) is 5.11 Å². The van der Waals surface area contributed by atoms with Gasteiger partial charge in [0.15, 0.2) is 0 Å². The molecular formula is C10H21N3O2. The van der Waals surface area contributed by atoms with Crippen molar-refractivity contribution in [2.75, 3.05) is 20.1 Å². The minimum atomic E-state index is -0.311. The lowest BCUT2D eigenvalue weighted by Crippen LogP contribution is -2.34. The van der Waals surface area contributed by atoms with Gasteiger partial charge in [0.1, 0.15) is 5.84 Å². The third-order valence-electron chi connectivity index (χ3n) is 2.82. The Morgan fingerprint density at radius 2 is 2.20 bits per heavy atom. The molecule has 4 N–H and O–H groups in total. The first-order chi connectivity index (χ1) is 6.97. The Morgan fingerprint density at radius 3 is 2.60 bits per heavy atom. The molecule has 1 atom stereocenters. The van der Waals surface area contributed by atoms with Crippen LogP contribution < -0.4 is 5.73 Å². The van der Waals surface area contributed by atoms with Gasteiger partial charge in [-0.2, -0.15) is 0 Å². The monoisotopic (exact) mass is 215 g/mol. The molecule has 88 valence electrons. The predicted octanol–water partition coefficient (Wildman–Crippen LogP) is 0.216. The Morgan fingerprint density at radius 1 is 1.60 bits per heavy atom. The summed E-state index contributed by atoms with van der Waals surface area (Å²) in [5.41, 5.74) is 5.69. The van der Waals surface area contributed by atoms with Gasteiger partial charge in [-0.25, -0.2) is 0 Å². The average molecular weight is 215 g/mol. The molecule has 0 bridgehead atoms. The summed E-state index contributed by atoms with van der Waals surface area (Å²) in [6, 6.07) is 0. The summed E-state index contributed by atoms with van der Waals surface area (Å²) >= 11 is 0. The summed E-state index contributed by atoms with van der Waals surface area (Å²) in [6.45, 7) is 3.34. The van der Waals surface area contributed by atoms with E-state index >= 15 is 0 Å². The zero-order chi connectivity index (χ0) is 11.5. The summed E-state index contributed by atoms with van der Waals surface area (Å²) in [7, 11) is 1.99. The first-order valence-corrected chi connectivity index (χ1v) is 5.30. The van der Waals surface area contributed by atoms with Crippen LogP contribution in [0.4, 0.5) is 0 Å². The minimum absolute atomic E-state index is 0.181. The van der Waals surface area contributed by atoms with Crippen LogP contribution in [0.2, 0.25) is 0 Å². The zero-order valence-electron chi connectivity index (χ0n) is 9.48. The van der Waals surface area contributed by atoms with Crippen LogP contribution in [0.3, 0.4) is 0 Å². The Balaban J connectivity index is 2.37. The van der Waals surface area contributed by atoms with Crippen LogP contribution in [0.25, 0.3) is 0 Å². The summed E-state index contributed by atoms with van der Waals surface area (Å²) < 4.78 is 0. The van der Waals surface area contributed by atoms with Crippen LogP contribution in [-0.2, 0) is 0 Å². The molecule has 0 spiro atoms. The lowest BCUT2D eigenvalue weighted by atomic mass is 10.0. The van der Waals surface area contributed by atoms with Crippen LogP contribution in [0.1, 0.15) is 26.2 Å². The normalized spacial score (nSPS) is 21.7. The third-order valence-corrected chi connectivity index (χ3v) is 2.82. The number of aliphatic hydroxyl groups excluding tert-OH is 1. The van der Waals surface area contributed by atoms with Crippen molar-refractivity contribution in [1.82, 2.24) is 4.90 Å². The second-order valence-corrected chi connectivity index (χ2v) is 4.81. The number of hydrogen-bond donors (Lipinski definition) is 3. The largest absolute Gasteiger partial charge is 0.409 e. The zero-order valence-corrected chi connectivity index (χ0v) is 9.48. The molecule has 0 aromatic carbocycles. The number of likely N-dealkylation sites (N-methyl/N-ethyl adjacent to an activating group) is 1. The molecule has 0 radical (unpaired) electrons. The Kier molecular flexibility index (Phi) is 3.93. The van der Waals surface area contributed by atoms with Gasteiger partial charge < -0.3 is 20.9 Å². The van der Waals surface area contributed by atoms with Crippen molar-refractivity contribution in [2.24, 2.45) is 16.3 Å². The van der Waals surface area contributed by atoms with E-state index in [1.807, 2.05) is 7.05 Å². The van der Waals surface area contributed by atoms with Crippen molar-refractivity contribution in [3.63, 3.8) is 0 Å². The molecule has 1 fully saturated rings. The highest BCUT2D eigenvalue weighted by atomic mass is 16.4. The first-order valence-electron chi connectivity index (χ1n) is 5.30. The number of amidine groups is 1. The van der Waals surface area contributed by atoms with Gasteiger partial charge in [0, 0.05) is 19.5 Å². The van der Waals surface area contributed by atoms with E-state index in [4.69, 9.17) is 10.9 Å². The van der Waals surface area contributed by atoms with Crippen LogP contribution in [0.15, 0.2) is 5.16 Å². The van der Waals surface area contributed by atoms with Gasteiger partial charge in [-0.05, 0) is 32.2 Å². The number of nitrogens with two attached hydrogens (primary N) is 1. The topological polar surface area (TPSA) is 82.1 Å². The van der Waals surface area contributed by atoms with Crippen LogP contribution in [0.5, 0.6) is 0 Å². The highest BCUT2D eigenvalue weighted by molar-refractivity contribution is 5.80. The van der Waals surface area contributed by atoms with E-state index in [0.29, 0.717) is 18.8 Å². The smallest absolute Gasteiger partial charge is 0.139 e. The van der Waals surface area contributed by atoms with Crippen LogP contribution >= 0.6 is 0 Å². The fourth-order valence-electron chi connectivity index (χ4n) is 2.08. The van der Waals surface area contributed by atoms with E-state index in [1.54, 1.807) is 6.92 Å². The molecule has 0 heterocycles. The van der Waals surface area contributed by atoms with E-state index in [2.05, 4.69) is 10.1 Å². The summed E-state index contributed by atoms with van der Waals surface area (Å²) in [4.78, 5) is 2.10. The molecule has 5 heteroatoms. The number of oxime groups is 1. The average Bonchev–Trinajstić information content (AvgIpc) is 2.82. The van der Waals surface area contributed by atoms with Crippen molar-refractivity contribution < 1.29 is 10.3 Å². The van der Waals surface area contributed by atoms with Crippen molar-refractivity contribution >= 4 is 5.84 Å². The number of aliphatic hydroxyl groups is 1. The number of rotatable bonds is 6. The van der Waals surface area contributed by atoms with Crippen molar-refractivity contribution in [1.29, 1.82) is 0 Å². The van der Waals surface area contributed by atoms with Crippen LogP contribution in [0, 0.1) is 5.41 Å². The molecule has 1 aliphatic rings. The fraction of sp³-hybridized carbons (Fsp3) is 0.900. The minimum Gasteiger partial charge on any atom is -0.409 e. The van der Waals surface area contributed by atoms with Gasteiger partial charge in [-0.3, -0.25) is 0 Å². The maximum atomic E-state index is 9.24. The van der Waals surface area contributed by atoms with E-state index in [0.717, 1.165) is 19.4 Å². The van der Waals surface area contributed by atoms with Gasteiger partial charge in [0.05, 0.1) is 6.10 Å². The molecule has 0 aromatic heterocycles. The lowest BCUT2D eigenvalue weighted by molar-refractivity contribution is 0.129. The highest BCUT2D eigenvalue weighted by Gasteiger charge is 2.44. The molecular weight excluding hydrogens is 194 g/mol. The maximum absolute atomic E-state index is 9.24. The first kappa shape index (κ1) is 12.3. The molecule has 1 rings (SSSR count).